The fourth-order valence-corrected chi connectivity index (χ4v) is 5.90. The van der Waals surface area contributed by atoms with Gasteiger partial charge in [-0.25, -0.2) is 0 Å². The minimum atomic E-state index is -0.629. The topological polar surface area (TPSA) is 74.4 Å². The molecule has 0 bridgehead atoms. The van der Waals surface area contributed by atoms with Gasteiger partial charge in [-0.15, -0.1) is 0 Å². The third-order valence-electron chi connectivity index (χ3n) is 8.18. The first-order valence-corrected chi connectivity index (χ1v) is 14.8. The molecule has 5 rings (SSSR count). The van der Waals surface area contributed by atoms with Crippen LogP contribution in [0.25, 0.3) is 22.2 Å². The van der Waals surface area contributed by atoms with Gasteiger partial charge in [0.1, 0.15) is 6.04 Å². The number of nitrogens with zero attached hydrogens (tertiary/aromatic N) is 1. The van der Waals surface area contributed by atoms with Gasteiger partial charge < -0.3 is 19.9 Å². The van der Waals surface area contributed by atoms with E-state index >= 15 is 0 Å². The molecule has 2 amide bonds. The summed E-state index contributed by atoms with van der Waals surface area (Å²) in [5.41, 5.74) is 6.82. The zero-order chi connectivity index (χ0) is 29.1. The van der Waals surface area contributed by atoms with Crippen LogP contribution in [0.1, 0.15) is 73.6 Å². The molecule has 6 nitrogen and oxygen atoms in total. The molecule has 214 valence electrons. The fourth-order valence-electron chi connectivity index (χ4n) is 5.90. The van der Waals surface area contributed by atoms with E-state index in [1.54, 1.807) is 0 Å². The Hall–Kier alpha value is -3.90. The zero-order valence-corrected chi connectivity index (χ0v) is 24.7. The molecular formula is C35H41N3O3. The van der Waals surface area contributed by atoms with E-state index in [1.165, 1.54) is 5.56 Å². The predicted molar refractivity (Wildman–Crippen MR) is 165 cm³/mol. The molecule has 3 unspecified atom stereocenters. The Kier molecular flexibility index (Phi) is 8.60. The van der Waals surface area contributed by atoms with Crippen LogP contribution in [0.15, 0.2) is 72.8 Å². The molecule has 0 spiro atoms. The number of fused-ring (bicyclic) bond motifs is 2. The second-order valence-electron chi connectivity index (χ2n) is 11.4. The summed E-state index contributed by atoms with van der Waals surface area (Å²) in [5.74, 6) is -0.267. The number of H-pyrrole nitrogens is 1. The predicted octanol–water partition coefficient (Wildman–Crippen LogP) is 7.03. The van der Waals surface area contributed by atoms with Gasteiger partial charge in [-0.1, -0.05) is 86.5 Å². The summed E-state index contributed by atoms with van der Waals surface area (Å²) < 4.78 is 5.66. The number of amides is 2. The van der Waals surface area contributed by atoms with Crippen molar-refractivity contribution in [1.82, 2.24) is 15.2 Å². The van der Waals surface area contributed by atoms with E-state index in [9.17, 15) is 9.59 Å². The third kappa shape index (κ3) is 5.66. The Morgan fingerprint density at radius 2 is 1.71 bits per heavy atom. The number of ether oxygens (including phenoxy) is 1. The van der Waals surface area contributed by atoms with E-state index in [-0.39, 0.29) is 23.8 Å². The Morgan fingerprint density at radius 1 is 1.00 bits per heavy atom. The summed E-state index contributed by atoms with van der Waals surface area (Å²) >= 11 is 0. The van der Waals surface area contributed by atoms with Crippen molar-refractivity contribution in [1.29, 1.82) is 0 Å². The van der Waals surface area contributed by atoms with Gasteiger partial charge in [0.2, 0.25) is 5.91 Å². The van der Waals surface area contributed by atoms with Crippen LogP contribution in [0, 0.1) is 12.8 Å². The second kappa shape index (κ2) is 12.3. The molecule has 0 saturated heterocycles. The summed E-state index contributed by atoms with van der Waals surface area (Å²) in [6, 6.07) is 23.4. The number of aryl methyl sites for hydroxylation is 1. The second-order valence-corrected chi connectivity index (χ2v) is 11.4. The molecule has 1 aliphatic rings. The average molecular weight is 552 g/mol. The van der Waals surface area contributed by atoms with Crippen LogP contribution in [0.2, 0.25) is 0 Å². The van der Waals surface area contributed by atoms with Crippen molar-refractivity contribution in [3.63, 3.8) is 0 Å². The van der Waals surface area contributed by atoms with Crippen LogP contribution >= 0.6 is 0 Å². The van der Waals surface area contributed by atoms with Crippen LogP contribution in [0.5, 0.6) is 0 Å². The molecule has 0 saturated carbocycles. The van der Waals surface area contributed by atoms with Gasteiger partial charge in [-0.05, 0) is 56.4 Å². The van der Waals surface area contributed by atoms with Gasteiger partial charge in [0.05, 0.1) is 17.8 Å². The van der Waals surface area contributed by atoms with Crippen LogP contribution < -0.4 is 5.32 Å². The third-order valence-corrected chi connectivity index (χ3v) is 8.18. The van der Waals surface area contributed by atoms with Gasteiger partial charge in [-0.3, -0.25) is 9.59 Å². The normalized spacial score (nSPS) is 16.3. The molecule has 0 aliphatic carbocycles. The van der Waals surface area contributed by atoms with E-state index in [4.69, 9.17) is 4.74 Å². The highest BCUT2D eigenvalue weighted by Crippen LogP contribution is 2.47. The van der Waals surface area contributed by atoms with Crippen molar-refractivity contribution in [2.45, 2.75) is 65.6 Å². The lowest BCUT2D eigenvalue weighted by molar-refractivity contribution is -0.127. The molecule has 0 fully saturated rings. The maximum Gasteiger partial charge on any atom is 0.255 e. The number of aromatic amines is 1. The van der Waals surface area contributed by atoms with Crippen LogP contribution in [0.3, 0.4) is 0 Å². The SMILES string of the molecule is CCC(C)C(C(=O)NCCCOC(C)C)N1C(=O)c2ccccc2C1c1c(-c2ccc(C)cc2)[nH]c2ccccc12. The van der Waals surface area contributed by atoms with Crippen molar-refractivity contribution < 1.29 is 14.3 Å². The Labute approximate surface area is 243 Å². The molecule has 1 aliphatic heterocycles. The quantitative estimate of drug-likeness (QED) is 0.197. The number of hydrogen-bond acceptors (Lipinski definition) is 3. The molecule has 3 aromatic carbocycles. The standard InChI is InChI=1S/C35H41N3O3/c1-6-24(5)32(34(39)36-20-11-21-41-22(2)3)38-33(26-12-7-8-13-27(26)35(38)40)30-28-14-9-10-15-29(28)37-31(30)25-18-16-23(4)17-19-25/h7-10,12-19,22,24,32-33,37H,6,11,20-21H2,1-5H3,(H,36,39). The fraction of sp³-hybridized carbons (Fsp3) is 0.371. The smallest absolute Gasteiger partial charge is 0.255 e. The molecule has 4 aromatic rings. The molecule has 3 atom stereocenters. The van der Waals surface area contributed by atoms with E-state index in [0.29, 0.717) is 18.7 Å². The van der Waals surface area contributed by atoms with Crippen molar-refractivity contribution in [3.05, 3.63) is 95.1 Å². The first-order chi connectivity index (χ1) is 19.8. The van der Waals surface area contributed by atoms with Crippen molar-refractivity contribution >= 4 is 22.7 Å². The maximum atomic E-state index is 14.3. The number of aromatic nitrogens is 1. The monoisotopic (exact) mass is 551 g/mol. The van der Waals surface area contributed by atoms with Gasteiger partial charge in [0, 0.05) is 35.2 Å². The van der Waals surface area contributed by atoms with Gasteiger partial charge in [0.15, 0.2) is 0 Å². The van der Waals surface area contributed by atoms with Crippen molar-refractivity contribution in [2.75, 3.05) is 13.2 Å². The van der Waals surface area contributed by atoms with Gasteiger partial charge >= 0.3 is 0 Å². The number of hydrogen-bond donors (Lipinski definition) is 2. The highest BCUT2D eigenvalue weighted by atomic mass is 16.5. The molecule has 0 radical (unpaired) electrons. The Bertz CT molecular complexity index is 1520. The Balaban J connectivity index is 1.63. The molecule has 2 N–H and O–H groups in total. The van der Waals surface area contributed by atoms with E-state index in [2.05, 4.69) is 67.5 Å². The summed E-state index contributed by atoms with van der Waals surface area (Å²) in [6.45, 7) is 11.3. The zero-order valence-electron chi connectivity index (χ0n) is 24.7. The molecular weight excluding hydrogens is 510 g/mol. The lowest BCUT2D eigenvalue weighted by Gasteiger charge is -2.36. The highest BCUT2D eigenvalue weighted by molar-refractivity contribution is 6.04. The number of benzene rings is 3. The lowest BCUT2D eigenvalue weighted by atomic mass is 9.90. The van der Waals surface area contributed by atoms with E-state index < -0.39 is 12.1 Å². The number of nitrogens with one attached hydrogen (secondary N) is 2. The average Bonchev–Trinajstić information content (AvgIpc) is 3.48. The first-order valence-electron chi connectivity index (χ1n) is 14.8. The van der Waals surface area contributed by atoms with E-state index in [0.717, 1.165) is 46.1 Å². The molecule has 2 heterocycles. The number of carbonyl (C=O) groups excluding carboxylic acids is 2. The highest BCUT2D eigenvalue weighted by Gasteiger charge is 2.47. The van der Waals surface area contributed by atoms with Gasteiger partial charge in [0.25, 0.3) is 5.91 Å². The largest absolute Gasteiger partial charge is 0.379 e. The van der Waals surface area contributed by atoms with Gasteiger partial charge in [-0.2, -0.15) is 0 Å². The van der Waals surface area contributed by atoms with Crippen molar-refractivity contribution in [3.8, 4) is 11.3 Å². The van der Waals surface area contributed by atoms with Crippen molar-refractivity contribution in [2.24, 2.45) is 5.92 Å². The Morgan fingerprint density at radius 3 is 2.44 bits per heavy atom. The number of carbonyl (C=O) groups is 2. The molecule has 1 aromatic heterocycles. The lowest BCUT2D eigenvalue weighted by Crippen LogP contribution is -2.52. The van der Waals surface area contributed by atoms with E-state index in [1.807, 2.05) is 55.1 Å². The van der Waals surface area contributed by atoms with Crippen LogP contribution in [-0.2, 0) is 9.53 Å². The first kappa shape index (κ1) is 28.6. The summed E-state index contributed by atoms with van der Waals surface area (Å²) in [6.07, 6.45) is 1.63. The summed E-state index contributed by atoms with van der Waals surface area (Å²) in [7, 11) is 0. The number of rotatable bonds is 11. The minimum absolute atomic E-state index is 0.0456. The molecule has 41 heavy (non-hydrogen) atoms. The number of para-hydroxylation sites is 1. The maximum absolute atomic E-state index is 14.3. The summed E-state index contributed by atoms with van der Waals surface area (Å²) in [5, 5.41) is 4.18. The summed E-state index contributed by atoms with van der Waals surface area (Å²) in [4.78, 5) is 33.7. The van der Waals surface area contributed by atoms with Crippen LogP contribution in [-0.4, -0.2) is 47.0 Å². The van der Waals surface area contributed by atoms with Crippen LogP contribution in [0.4, 0.5) is 0 Å². The molecule has 6 heteroatoms. The minimum Gasteiger partial charge on any atom is -0.379 e.